The Kier molecular flexibility index (Phi) is 6.13. The highest BCUT2D eigenvalue weighted by Gasteiger charge is 2.57. The highest BCUT2D eigenvalue weighted by molar-refractivity contribution is 7.89. The van der Waals surface area contributed by atoms with E-state index in [1.165, 1.54) is 29.2 Å². The van der Waals surface area contributed by atoms with Crippen molar-refractivity contribution in [2.24, 2.45) is 5.41 Å². The quantitative estimate of drug-likeness (QED) is 0.358. The van der Waals surface area contributed by atoms with E-state index in [-0.39, 0.29) is 34.7 Å². The molecule has 9 nitrogen and oxygen atoms in total. The van der Waals surface area contributed by atoms with Gasteiger partial charge in [-0.3, -0.25) is 0 Å². The third kappa shape index (κ3) is 4.07. The molecule has 3 heterocycles. The van der Waals surface area contributed by atoms with E-state index in [0.29, 0.717) is 11.4 Å². The maximum absolute atomic E-state index is 14.6. The van der Waals surface area contributed by atoms with Gasteiger partial charge < -0.3 is 0 Å². The Labute approximate surface area is 219 Å². The second-order valence-corrected chi connectivity index (χ2v) is 12.5. The van der Waals surface area contributed by atoms with Crippen LogP contribution >= 0.6 is 0 Å². The van der Waals surface area contributed by atoms with Crippen molar-refractivity contribution in [3.05, 3.63) is 77.3 Å². The molecule has 0 bridgehead atoms. The molecular formula is C26H27F2N7O2S. The Hall–Kier alpha value is -3.67. The van der Waals surface area contributed by atoms with E-state index in [4.69, 9.17) is 4.98 Å². The Balaban J connectivity index is 1.63. The molecule has 0 amide bonds. The van der Waals surface area contributed by atoms with Gasteiger partial charge in [-0.15, -0.1) is 10.2 Å². The molecule has 4 aromatic rings. The van der Waals surface area contributed by atoms with Crippen molar-refractivity contribution in [3.8, 4) is 17.2 Å². The number of nitrogens with zero attached hydrogens (tertiary/aromatic N) is 7. The summed E-state index contributed by atoms with van der Waals surface area (Å²) in [5, 5.41) is 13.0. The molecule has 0 fully saturated rings. The van der Waals surface area contributed by atoms with Crippen LogP contribution in [0.25, 0.3) is 17.2 Å². The summed E-state index contributed by atoms with van der Waals surface area (Å²) in [4.78, 5) is 13.2. The summed E-state index contributed by atoms with van der Waals surface area (Å²) in [7, 11) is -3.31. The maximum Gasteiger partial charge on any atom is 0.252 e. The van der Waals surface area contributed by atoms with Crippen LogP contribution in [0.4, 0.5) is 8.78 Å². The molecule has 0 N–H and O–H groups in total. The van der Waals surface area contributed by atoms with Crippen LogP contribution in [0.15, 0.2) is 42.9 Å². The van der Waals surface area contributed by atoms with Gasteiger partial charge in [-0.2, -0.15) is 9.78 Å². The van der Waals surface area contributed by atoms with Crippen molar-refractivity contribution in [1.29, 1.82) is 0 Å². The SMILES string of the molecule is CC[C@H]1c2cc(-c3c(F)cccc3F)nnc2[C@](C)(c2ccnc(-n3cnc(CS(C)(=O)=O)n3)n2)C1(C)C. The van der Waals surface area contributed by atoms with E-state index < -0.39 is 32.3 Å². The highest BCUT2D eigenvalue weighted by Crippen LogP contribution is 2.61. The molecule has 5 rings (SSSR count). The molecular weight excluding hydrogens is 512 g/mol. The summed E-state index contributed by atoms with van der Waals surface area (Å²) in [6.07, 6.45) is 4.85. The van der Waals surface area contributed by atoms with Crippen molar-refractivity contribution in [2.75, 3.05) is 6.26 Å². The summed E-state index contributed by atoms with van der Waals surface area (Å²) < 4.78 is 53.7. The van der Waals surface area contributed by atoms with Gasteiger partial charge in [0.1, 0.15) is 23.7 Å². The molecule has 3 aromatic heterocycles. The maximum atomic E-state index is 14.6. The minimum Gasteiger partial charge on any atom is -0.229 e. The molecule has 2 atom stereocenters. The number of sulfone groups is 1. The van der Waals surface area contributed by atoms with Gasteiger partial charge >= 0.3 is 0 Å². The Bertz CT molecular complexity index is 1630. The molecule has 0 saturated heterocycles. The van der Waals surface area contributed by atoms with Gasteiger partial charge in [-0.05, 0) is 54.5 Å². The van der Waals surface area contributed by atoms with E-state index in [0.717, 1.165) is 18.2 Å². The van der Waals surface area contributed by atoms with Crippen molar-refractivity contribution >= 4 is 9.84 Å². The van der Waals surface area contributed by atoms with Crippen molar-refractivity contribution in [2.45, 2.75) is 51.2 Å². The van der Waals surface area contributed by atoms with Gasteiger partial charge in [-0.1, -0.05) is 26.8 Å². The minimum atomic E-state index is -3.31. The van der Waals surface area contributed by atoms with Crippen LogP contribution in [0, 0.1) is 17.0 Å². The number of rotatable bonds is 6. The minimum absolute atomic E-state index is 0.00210. The molecule has 1 aromatic carbocycles. The predicted octanol–water partition coefficient (Wildman–Crippen LogP) is 4.18. The molecule has 0 saturated carbocycles. The fraction of sp³-hybridized carbons (Fsp3) is 0.385. The van der Waals surface area contributed by atoms with Crippen LogP contribution in [0.1, 0.15) is 62.8 Å². The lowest BCUT2D eigenvalue weighted by molar-refractivity contribution is 0.189. The van der Waals surface area contributed by atoms with Crippen LogP contribution in [-0.2, 0) is 21.0 Å². The van der Waals surface area contributed by atoms with Crippen molar-refractivity contribution < 1.29 is 17.2 Å². The largest absolute Gasteiger partial charge is 0.252 e. The van der Waals surface area contributed by atoms with Gasteiger partial charge in [0.15, 0.2) is 15.7 Å². The van der Waals surface area contributed by atoms with Crippen LogP contribution in [-0.4, -0.2) is 49.6 Å². The lowest BCUT2D eigenvalue weighted by Gasteiger charge is -2.41. The number of hydrogen-bond donors (Lipinski definition) is 0. The molecule has 0 aliphatic heterocycles. The van der Waals surface area contributed by atoms with Crippen molar-refractivity contribution in [3.63, 3.8) is 0 Å². The molecule has 198 valence electrons. The van der Waals surface area contributed by atoms with Gasteiger partial charge in [0, 0.05) is 12.5 Å². The first-order valence-electron chi connectivity index (χ1n) is 12.1. The smallest absolute Gasteiger partial charge is 0.229 e. The molecule has 0 unspecified atom stereocenters. The first-order valence-corrected chi connectivity index (χ1v) is 14.2. The Morgan fingerprint density at radius 3 is 2.42 bits per heavy atom. The fourth-order valence-corrected chi connectivity index (χ4v) is 6.18. The Morgan fingerprint density at radius 1 is 1.05 bits per heavy atom. The van der Waals surface area contributed by atoms with E-state index in [2.05, 4.69) is 46.0 Å². The second kappa shape index (κ2) is 8.97. The topological polar surface area (TPSA) is 116 Å². The van der Waals surface area contributed by atoms with E-state index >= 15 is 0 Å². The van der Waals surface area contributed by atoms with E-state index in [1.807, 2.05) is 6.92 Å². The number of aromatic nitrogens is 7. The molecule has 1 aliphatic carbocycles. The summed E-state index contributed by atoms with van der Waals surface area (Å²) >= 11 is 0. The zero-order valence-electron chi connectivity index (χ0n) is 21.6. The van der Waals surface area contributed by atoms with Gasteiger partial charge in [-0.25, -0.2) is 32.2 Å². The molecule has 1 aliphatic rings. The van der Waals surface area contributed by atoms with Gasteiger partial charge in [0.05, 0.1) is 28.1 Å². The van der Waals surface area contributed by atoms with E-state index in [9.17, 15) is 17.2 Å². The molecule has 38 heavy (non-hydrogen) atoms. The standard InChI is InChI=1S/C26H27F2N7O2S/c1-6-16-15-12-19(22-17(27)8-7-9-18(22)28)32-33-23(15)26(4,25(16,2)3)20-10-11-29-24(31-20)35-14-30-21(34-35)13-38(5,36)37/h7-12,14,16H,6,13H2,1-5H3/t16-,26-/m0/s1. The summed E-state index contributed by atoms with van der Waals surface area (Å²) in [6.45, 7) is 8.33. The number of benzene rings is 1. The van der Waals surface area contributed by atoms with E-state index in [1.54, 1.807) is 18.3 Å². The zero-order valence-corrected chi connectivity index (χ0v) is 22.5. The molecule has 0 spiro atoms. The zero-order chi connectivity index (χ0) is 27.5. The second-order valence-electron chi connectivity index (χ2n) is 10.4. The summed E-state index contributed by atoms with van der Waals surface area (Å²) in [5.74, 6) is -1.32. The average molecular weight is 540 g/mol. The Morgan fingerprint density at radius 2 is 1.76 bits per heavy atom. The third-order valence-corrected chi connectivity index (χ3v) is 8.53. The van der Waals surface area contributed by atoms with Gasteiger partial charge in [0.25, 0.3) is 5.95 Å². The van der Waals surface area contributed by atoms with Crippen LogP contribution < -0.4 is 0 Å². The fourth-order valence-electron chi connectivity index (χ4n) is 5.58. The van der Waals surface area contributed by atoms with Crippen LogP contribution in [0.2, 0.25) is 0 Å². The first kappa shape index (κ1) is 26.0. The summed E-state index contributed by atoms with van der Waals surface area (Å²) in [5.41, 5.74) is 0.979. The van der Waals surface area contributed by atoms with Crippen molar-refractivity contribution in [1.82, 2.24) is 34.9 Å². The highest BCUT2D eigenvalue weighted by atomic mass is 32.2. The monoisotopic (exact) mass is 539 g/mol. The normalized spacial score (nSPS) is 20.4. The van der Waals surface area contributed by atoms with Crippen LogP contribution in [0.5, 0.6) is 0 Å². The predicted molar refractivity (Wildman–Crippen MR) is 136 cm³/mol. The summed E-state index contributed by atoms with van der Waals surface area (Å²) in [6, 6.07) is 7.25. The van der Waals surface area contributed by atoms with Crippen LogP contribution in [0.3, 0.4) is 0 Å². The number of hydrogen-bond acceptors (Lipinski definition) is 8. The third-order valence-electron chi connectivity index (χ3n) is 7.75. The van der Waals surface area contributed by atoms with Gasteiger partial charge in [0.2, 0.25) is 0 Å². The number of fused-ring (bicyclic) bond motifs is 1. The lowest BCUT2D eigenvalue weighted by Crippen LogP contribution is -2.40. The average Bonchev–Trinajstić information content (AvgIpc) is 3.37. The number of halogens is 2. The molecule has 0 radical (unpaired) electrons. The first-order chi connectivity index (χ1) is 17.9. The lowest BCUT2D eigenvalue weighted by atomic mass is 9.62. The molecule has 12 heteroatoms.